The molecule has 0 radical (unpaired) electrons. The first-order chi connectivity index (χ1) is 6.65. The largest absolute Gasteiger partial charge is 0.463 e. The lowest BCUT2D eigenvalue weighted by molar-refractivity contribution is -0.156. The lowest BCUT2D eigenvalue weighted by Crippen LogP contribution is -2.22. The highest BCUT2D eigenvalue weighted by atomic mass is 16.6. The van der Waals surface area contributed by atoms with Gasteiger partial charge in [0.2, 0.25) is 0 Å². The van der Waals surface area contributed by atoms with Crippen LogP contribution in [0.4, 0.5) is 0 Å². The van der Waals surface area contributed by atoms with E-state index in [9.17, 15) is 9.59 Å². The third kappa shape index (κ3) is 4.37. The number of ether oxygens (including phenoxy) is 2. The molecule has 0 saturated carbocycles. The molecule has 6 heteroatoms. The Labute approximate surface area is 81.4 Å². The van der Waals surface area contributed by atoms with Gasteiger partial charge in [-0.25, -0.2) is 9.59 Å². The van der Waals surface area contributed by atoms with Gasteiger partial charge < -0.3 is 15.0 Å². The van der Waals surface area contributed by atoms with Crippen molar-refractivity contribution in [3.63, 3.8) is 0 Å². The Balaban J connectivity index is 3.96. The summed E-state index contributed by atoms with van der Waals surface area (Å²) in [6.45, 7) is 3.03. The van der Waals surface area contributed by atoms with Gasteiger partial charge in [-0.1, -0.05) is 6.92 Å². The number of esters is 2. The first kappa shape index (κ1) is 12.3. The molecular weight excluding hydrogens is 188 g/mol. The molecule has 0 spiro atoms. The van der Waals surface area contributed by atoms with Crippen molar-refractivity contribution in [2.75, 3.05) is 13.2 Å². The second kappa shape index (κ2) is 6.80. The Morgan fingerprint density at radius 2 is 1.93 bits per heavy atom. The average molecular weight is 200 g/mol. The van der Waals surface area contributed by atoms with Gasteiger partial charge in [-0.3, -0.25) is 0 Å². The standard InChI is InChI=1S/C8H12N2O4/c1-3-6(10-9)8(12)14-5-7(11)13-4-2/h3-5H2,1-2H3. The maximum atomic E-state index is 11.0. The van der Waals surface area contributed by atoms with Crippen LogP contribution in [-0.2, 0) is 19.1 Å². The van der Waals surface area contributed by atoms with Gasteiger partial charge in [-0.15, -0.1) is 0 Å². The van der Waals surface area contributed by atoms with E-state index < -0.39 is 18.5 Å². The second-order valence-corrected chi connectivity index (χ2v) is 2.28. The number of hydrogen-bond acceptors (Lipinski definition) is 4. The molecule has 0 atom stereocenters. The van der Waals surface area contributed by atoms with E-state index in [4.69, 9.17) is 5.53 Å². The van der Waals surface area contributed by atoms with Crippen LogP contribution in [0.25, 0.3) is 5.53 Å². The average Bonchev–Trinajstić information content (AvgIpc) is 2.17. The summed E-state index contributed by atoms with van der Waals surface area (Å²) in [6.07, 6.45) is 0.234. The molecular formula is C8H12N2O4. The van der Waals surface area contributed by atoms with Crippen LogP contribution in [-0.4, -0.2) is 35.7 Å². The van der Waals surface area contributed by atoms with Gasteiger partial charge in [0.15, 0.2) is 6.61 Å². The minimum absolute atomic E-state index is 0.130. The molecule has 0 aromatic heterocycles. The molecule has 78 valence electrons. The number of carbonyl (C=O) groups is 2. The van der Waals surface area contributed by atoms with Gasteiger partial charge in [0.1, 0.15) is 0 Å². The molecule has 0 amide bonds. The van der Waals surface area contributed by atoms with Crippen molar-refractivity contribution in [3.8, 4) is 0 Å². The van der Waals surface area contributed by atoms with Crippen LogP contribution in [0.3, 0.4) is 0 Å². The molecule has 14 heavy (non-hydrogen) atoms. The SMILES string of the molecule is CCOC(=O)COC(=O)C(CC)=[N+]=[N-]. The summed E-state index contributed by atoms with van der Waals surface area (Å²) in [6, 6.07) is 0. The lowest BCUT2D eigenvalue weighted by Gasteiger charge is -2.00. The zero-order valence-electron chi connectivity index (χ0n) is 8.15. The van der Waals surface area contributed by atoms with Crippen LogP contribution in [0, 0.1) is 0 Å². The topological polar surface area (TPSA) is 89.0 Å². The Bertz CT molecular complexity index is 269. The molecule has 0 heterocycles. The molecule has 0 fully saturated rings. The van der Waals surface area contributed by atoms with Crippen molar-refractivity contribution in [1.82, 2.24) is 0 Å². The number of hydrogen-bond donors (Lipinski definition) is 0. The van der Waals surface area contributed by atoms with Crippen molar-refractivity contribution >= 4 is 17.7 Å². The third-order valence-electron chi connectivity index (χ3n) is 1.32. The van der Waals surface area contributed by atoms with E-state index in [1.807, 2.05) is 0 Å². The third-order valence-corrected chi connectivity index (χ3v) is 1.32. The van der Waals surface area contributed by atoms with E-state index >= 15 is 0 Å². The molecule has 0 bridgehead atoms. The fraction of sp³-hybridized carbons (Fsp3) is 0.625. The highest BCUT2D eigenvalue weighted by molar-refractivity contribution is 6.33. The molecule has 6 nitrogen and oxygen atoms in total. The monoisotopic (exact) mass is 200 g/mol. The number of nitrogens with zero attached hydrogens (tertiary/aromatic N) is 2. The number of rotatable bonds is 5. The van der Waals surface area contributed by atoms with E-state index in [-0.39, 0.29) is 18.7 Å². The van der Waals surface area contributed by atoms with Crippen LogP contribution in [0.5, 0.6) is 0 Å². The highest BCUT2D eigenvalue weighted by Crippen LogP contribution is 1.88. The molecule has 0 aliphatic carbocycles. The van der Waals surface area contributed by atoms with Crippen LogP contribution >= 0.6 is 0 Å². The fourth-order valence-electron chi connectivity index (χ4n) is 0.666. The van der Waals surface area contributed by atoms with Gasteiger partial charge in [0, 0.05) is 0 Å². The minimum atomic E-state index is -0.817. The predicted octanol–water partition coefficient (Wildman–Crippen LogP) is 0.173. The molecule has 0 N–H and O–H groups in total. The molecule has 0 aliphatic rings. The van der Waals surface area contributed by atoms with E-state index in [1.54, 1.807) is 13.8 Å². The Morgan fingerprint density at radius 1 is 1.29 bits per heavy atom. The zero-order valence-corrected chi connectivity index (χ0v) is 8.15. The van der Waals surface area contributed by atoms with Crippen LogP contribution < -0.4 is 0 Å². The molecule has 0 aromatic carbocycles. The second-order valence-electron chi connectivity index (χ2n) is 2.28. The molecule has 0 rings (SSSR count). The van der Waals surface area contributed by atoms with Crippen LogP contribution in [0.15, 0.2) is 0 Å². The van der Waals surface area contributed by atoms with E-state index in [0.717, 1.165) is 0 Å². The van der Waals surface area contributed by atoms with E-state index in [0.29, 0.717) is 0 Å². The summed E-state index contributed by atoms with van der Waals surface area (Å²) in [7, 11) is 0. The maximum Gasteiger partial charge on any atom is 0.417 e. The zero-order chi connectivity index (χ0) is 11.0. The summed E-state index contributed by atoms with van der Waals surface area (Å²) >= 11 is 0. The van der Waals surface area contributed by atoms with Gasteiger partial charge in [0.25, 0.3) is 0 Å². The van der Waals surface area contributed by atoms with E-state index in [1.165, 1.54) is 0 Å². The van der Waals surface area contributed by atoms with Gasteiger partial charge >= 0.3 is 17.7 Å². The molecule has 0 unspecified atom stereocenters. The normalized spacial score (nSPS) is 8.71. The van der Waals surface area contributed by atoms with Gasteiger partial charge in [0.05, 0.1) is 13.0 Å². The van der Waals surface area contributed by atoms with Crippen molar-refractivity contribution in [2.24, 2.45) is 0 Å². The summed E-state index contributed by atoms with van der Waals surface area (Å²) < 4.78 is 9.02. The summed E-state index contributed by atoms with van der Waals surface area (Å²) in [5.41, 5.74) is 8.21. The maximum absolute atomic E-state index is 11.0. The lowest BCUT2D eigenvalue weighted by atomic mass is 10.3. The number of carbonyl (C=O) groups excluding carboxylic acids is 2. The van der Waals surface area contributed by atoms with Gasteiger partial charge in [-0.2, -0.15) is 4.79 Å². The summed E-state index contributed by atoms with van der Waals surface area (Å²) in [4.78, 5) is 24.5. The summed E-state index contributed by atoms with van der Waals surface area (Å²) in [5.74, 6) is -1.45. The summed E-state index contributed by atoms with van der Waals surface area (Å²) in [5, 5.41) is 0. The molecule has 0 aliphatic heterocycles. The smallest absolute Gasteiger partial charge is 0.417 e. The highest BCUT2D eigenvalue weighted by Gasteiger charge is 2.20. The Hall–Kier alpha value is -1.68. The van der Waals surface area contributed by atoms with Crippen LogP contribution in [0.2, 0.25) is 0 Å². The first-order valence-electron chi connectivity index (χ1n) is 4.19. The van der Waals surface area contributed by atoms with Crippen molar-refractivity contribution < 1.29 is 23.9 Å². The minimum Gasteiger partial charge on any atom is -0.463 e. The van der Waals surface area contributed by atoms with Crippen molar-refractivity contribution in [2.45, 2.75) is 20.3 Å². The fourth-order valence-corrected chi connectivity index (χ4v) is 0.666. The molecule has 0 saturated heterocycles. The quantitative estimate of drug-likeness (QED) is 0.274. The van der Waals surface area contributed by atoms with Crippen LogP contribution in [0.1, 0.15) is 20.3 Å². The van der Waals surface area contributed by atoms with Crippen molar-refractivity contribution in [3.05, 3.63) is 5.53 Å². The van der Waals surface area contributed by atoms with Crippen molar-refractivity contribution in [1.29, 1.82) is 0 Å². The van der Waals surface area contributed by atoms with Gasteiger partial charge in [-0.05, 0) is 6.92 Å². The Morgan fingerprint density at radius 3 is 2.36 bits per heavy atom. The van der Waals surface area contributed by atoms with E-state index in [2.05, 4.69) is 14.3 Å². The Kier molecular flexibility index (Phi) is 5.98. The predicted molar refractivity (Wildman–Crippen MR) is 46.5 cm³/mol. The first-order valence-corrected chi connectivity index (χ1v) is 4.19. The molecule has 0 aromatic rings.